The summed E-state index contributed by atoms with van der Waals surface area (Å²) in [5.74, 6) is 1.74. The maximum absolute atomic E-state index is 9.89. The molecular weight excluding hydrogens is 120 g/mol. The summed E-state index contributed by atoms with van der Waals surface area (Å²) in [5.41, 5.74) is 0. The molecule has 8 heavy (non-hydrogen) atoms. The Hall–Kier alpha value is 0.0200. The average molecular weight is 131 g/mol. The van der Waals surface area contributed by atoms with Gasteiger partial charge in [0.05, 0.1) is 0 Å². The van der Waals surface area contributed by atoms with Crippen molar-refractivity contribution in [2.75, 3.05) is 5.75 Å². The quantitative estimate of drug-likeness (QED) is 0.532. The second kappa shape index (κ2) is 3.13. The van der Waals surface area contributed by atoms with Gasteiger partial charge in [0.2, 0.25) is 5.75 Å². The molecule has 0 atom stereocenters. The fourth-order valence-corrected chi connectivity index (χ4v) is 1.43. The molecule has 0 N–H and O–H groups in total. The van der Waals surface area contributed by atoms with Gasteiger partial charge >= 0.3 is 11.7 Å². The standard InChI is InChI=1S/C6H11OS/c7-8-5-4-6-2-1-3-6/h6H,1-5H2/q+1. The van der Waals surface area contributed by atoms with Crippen LogP contribution in [-0.4, -0.2) is 5.75 Å². The van der Waals surface area contributed by atoms with Gasteiger partial charge in [0.1, 0.15) is 0 Å². The summed E-state index contributed by atoms with van der Waals surface area (Å²) in [6, 6.07) is 0. The highest BCUT2D eigenvalue weighted by atomic mass is 32.1. The van der Waals surface area contributed by atoms with Gasteiger partial charge in [-0.25, -0.2) is 0 Å². The molecule has 1 aliphatic carbocycles. The monoisotopic (exact) mass is 131 g/mol. The Morgan fingerprint density at radius 1 is 1.50 bits per heavy atom. The zero-order chi connectivity index (χ0) is 5.82. The van der Waals surface area contributed by atoms with Crippen molar-refractivity contribution in [3.05, 3.63) is 0 Å². The zero-order valence-corrected chi connectivity index (χ0v) is 5.75. The molecule has 0 aromatic rings. The second-order valence-electron chi connectivity index (χ2n) is 2.41. The summed E-state index contributed by atoms with van der Waals surface area (Å²) in [4.78, 5) is 0. The highest BCUT2D eigenvalue weighted by Crippen LogP contribution is 2.28. The molecule has 0 saturated heterocycles. The van der Waals surface area contributed by atoms with Crippen molar-refractivity contribution in [3.8, 4) is 0 Å². The molecule has 1 fully saturated rings. The molecule has 2 heteroatoms. The van der Waals surface area contributed by atoms with Crippen LogP contribution in [-0.2, 0) is 15.9 Å². The van der Waals surface area contributed by atoms with Gasteiger partial charge in [-0.3, -0.25) is 0 Å². The lowest BCUT2D eigenvalue weighted by Crippen LogP contribution is -2.11. The molecule has 0 unspecified atom stereocenters. The van der Waals surface area contributed by atoms with Crippen molar-refractivity contribution < 1.29 is 4.21 Å². The summed E-state index contributed by atoms with van der Waals surface area (Å²) in [7, 11) is 0. The van der Waals surface area contributed by atoms with Crippen LogP contribution in [0.25, 0.3) is 0 Å². The Bertz CT molecular complexity index is 78.6. The first kappa shape index (κ1) is 6.14. The Morgan fingerprint density at radius 2 is 2.25 bits per heavy atom. The largest absolute Gasteiger partial charge is 0.458 e. The topological polar surface area (TPSA) is 17.1 Å². The second-order valence-corrected chi connectivity index (χ2v) is 3.05. The van der Waals surface area contributed by atoms with E-state index in [0.717, 1.165) is 29.8 Å². The molecule has 1 saturated carbocycles. The summed E-state index contributed by atoms with van der Waals surface area (Å²) < 4.78 is 9.89. The van der Waals surface area contributed by atoms with Crippen LogP contribution >= 0.6 is 0 Å². The van der Waals surface area contributed by atoms with Crippen LogP contribution in [0, 0.1) is 5.92 Å². The van der Waals surface area contributed by atoms with E-state index < -0.39 is 0 Å². The minimum Gasteiger partial charge on any atom is -0.0528 e. The lowest BCUT2D eigenvalue weighted by atomic mass is 9.84. The minimum atomic E-state index is 0.729. The average Bonchev–Trinajstić information content (AvgIpc) is 1.63. The van der Waals surface area contributed by atoms with Crippen LogP contribution in [0.15, 0.2) is 0 Å². The van der Waals surface area contributed by atoms with Gasteiger partial charge in [-0.2, -0.15) is 0 Å². The van der Waals surface area contributed by atoms with Gasteiger partial charge in [0.15, 0.2) is 0 Å². The maximum Gasteiger partial charge on any atom is 0.458 e. The van der Waals surface area contributed by atoms with Gasteiger partial charge in [-0.05, 0) is 5.92 Å². The molecule has 0 amide bonds. The SMILES string of the molecule is O=[S+]CCC1CCC1. The molecule has 0 aromatic carbocycles. The van der Waals surface area contributed by atoms with Crippen molar-refractivity contribution >= 4 is 11.7 Å². The van der Waals surface area contributed by atoms with Crippen molar-refractivity contribution in [3.63, 3.8) is 0 Å². The molecule has 46 valence electrons. The van der Waals surface area contributed by atoms with E-state index in [2.05, 4.69) is 0 Å². The van der Waals surface area contributed by atoms with Crippen molar-refractivity contribution in [1.82, 2.24) is 0 Å². The maximum atomic E-state index is 9.89. The van der Waals surface area contributed by atoms with Crippen molar-refractivity contribution in [1.29, 1.82) is 0 Å². The summed E-state index contributed by atoms with van der Waals surface area (Å²) in [5, 5.41) is 0. The van der Waals surface area contributed by atoms with E-state index in [1.807, 2.05) is 0 Å². The van der Waals surface area contributed by atoms with Crippen LogP contribution < -0.4 is 0 Å². The van der Waals surface area contributed by atoms with Crippen LogP contribution in [0.1, 0.15) is 25.7 Å². The molecule has 1 aliphatic rings. The molecule has 0 aliphatic heterocycles. The van der Waals surface area contributed by atoms with E-state index in [-0.39, 0.29) is 0 Å². The predicted molar refractivity (Wildman–Crippen MR) is 34.9 cm³/mol. The van der Waals surface area contributed by atoms with Gasteiger partial charge in [-0.1, -0.05) is 19.3 Å². The minimum absolute atomic E-state index is 0.729. The highest BCUT2D eigenvalue weighted by Gasteiger charge is 2.18. The summed E-state index contributed by atoms with van der Waals surface area (Å²) in [6.07, 6.45) is 5.31. The van der Waals surface area contributed by atoms with E-state index in [1.54, 1.807) is 0 Å². The van der Waals surface area contributed by atoms with E-state index in [4.69, 9.17) is 0 Å². The first-order chi connectivity index (χ1) is 3.93. The van der Waals surface area contributed by atoms with Crippen molar-refractivity contribution in [2.24, 2.45) is 5.92 Å². The zero-order valence-electron chi connectivity index (χ0n) is 4.93. The highest BCUT2D eigenvalue weighted by molar-refractivity contribution is 7.65. The third-order valence-electron chi connectivity index (χ3n) is 1.83. The molecule has 1 rings (SSSR count). The Labute approximate surface area is 54.0 Å². The summed E-state index contributed by atoms with van der Waals surface area (Å²) >= 11 is 0.729. The first-order valence-corrected chi connectivity index (χ1v) is 4.09. The van der Waals surface area contributed by atoms with E-state index >= 15 is 0 Å². The number of rotatable bonds is 3. The van der Waals surface area contributed by atoms with Crippen LogP contribution in [0.5, 0.6) is 0 Å². The molecule has 1 nitrogen and oxygen atoms in total. The lowest BCUT2D eigenvalue weighted by molar-refractivity contribution is 0.308. The van der Waals surface area contributed by atoms with Crippen LogP contribution in [0.4, 0.5) is 0 Å². The summed E-state index contributed by atoms with van der Waals surface area (Å²) in [6.45, 7) is 0. The number of hydrogen-bond acceptors (Lipinski definition) is 1. The molecule has 0 bridgehead atoms. The fourth-order valence-electron chi connectivity index (χ4n) is 0.996. The van der Waals surface area contributed by atoms with Crippen molar-refractivity contribution in [2.45, 2.75) is 25.7 Å². The Morgan fingerprint density at radius 3 is 2.62 bits per heavy atom. The number of hydrogen-bond donors (Lipinski definition) is 0. The van der Waals surface area contributed by atoms with E-state index in [1.165, 1.54) is 19.3 Å². The molecule has 0 radical (unpaired) electrons. The normalized spacial score (nSPS) is 20.0. The Balaban J connectivity index is 1.93. The fraction of sp³-hybridized carbons (Fsp3) is 1.00. The van der Waals surface area contributed by atoms with Crippen LogP contribution in [0.2, 0.25) is 0 Å². The Kier molecular flexibility index (Phi) is 2.40. The third kappa shape index (κ3) is 1.51. The predicted octanol–water partition coefficient (Wildman–Crippen LogP) is 1.60. The molecular formula is C6H11OS+. The van der Waals surface area contributed by atoms with Gasteiger partial charge in [0.25, 0.3) is 0 Å². The van der Waals surface area contributed by atoms with E-state index in [9.17, 15) is 4.21 Å². The van der Waals surface area contributed by atoms with Crippen LogP contribution in [0.3, 0.4) is 0 Å². The molecule has 0 spiro atoms. The molecule has 0 aromatic heterocycles. The van der Waals surface area contributed by atoms with Gasteiger partial charge in [0, 0.05) is 10.6 Å². The van der Waals surface area contributed by atoms with E-state index in [0.29, 0.717) is 0 Å². The molecule has 0 heterocycles. The van der Waals surface area contributed by atoms with Gasteiger partial charge < -0.3 is 0 Å². The lowest BCUT2D eigenvalue weighted by Gasteiger charge is -2.22. The third-order valence-corrected chi connectivity index (χ3v) is 2.24. The smallest absolute Gasteiger partial charge is 0.0528 e. The van der Waals surface area contributed by atoms with Gasteiger partial charge in [-0.15, -0.1) is 0 Å². The first-order valence-electron chi connectivity index (χ1n) is 3.18.